The smallest absolute Gasteiger partial charge is 0.326 e. The molecule has 0 saturated carbocycles. The topological polar surface area (TPSA) is 108 Å². The Hall–Kier alpha value is -1.79. The second kappa shape index (κ2) is 28.2. The van der Waals surface area contributed by atoms with Crippen LogP contribution in [0.3, 0.4) is 0 Å². The van der Waals surface area contributed by atoms with Crippen LogP contribution >= 0.6 is 0 Å². The second-order valence-corrected chi connectivity index (χ2v) is 10.9. The maximum Gasteiger partial charge on any atom is 0.326 e. The van der Waals surface area contributed by atoms with Crippen molar-refractivity contribution < 1.29 is 19.5 Å². The maximum atomic E-state index is 12.1. The predicted molar refractivity (Wildman–Crippen MR) is 159 cm³/mol. The highest BCUT2D eigenvalue weighted by Crippen LogP contribution is 2.11. The van der Waals surface area contributed by atoms with E-state index in [1.54, 1.807) is 0 Å². The van der Waals surface area contributed by atoms with E-state index in [2.05, 4.69) is 29.8 Å². The predicted octanol–water partition coefficient (Wildman–Crippen LogP) is 7.87. The molecule has 0 heterocycles. The first-order valence-electron chi connectivity index (χ1n) is 16.0. The molecular formula is C31H61N3O4. The molecule has 0 aromatic carbocycles. The van der Waals surface area contributed by atoms with Crippen molar-refractivity contribution in [3.63, 3.8) is 0 Å². The Bertz CT molecular complexity index is 571. The van der Waals surface area contributed by atoms with Gasteiger partial charge in [-0.25, -0.2) is 9.59 Å². The number of carboxylic acid groups (broad SMARTS) is 1. The van der Waals surface area contributed by atoms with Crippen molar-refractivity contribution in [1.82, 2.24) is 16.0 Å². The fraction of sp³-hybridized carbons (Fsp3) is 0.903. The van der Waals surface area contributed by atoms with Crippen LogP contribution in [0.4, 0.5) is 4.79 Å². The molecule has 0 rings (SSSR count). The van der Waals surface area contributed by atoms with Gasteiger partial charge in [0.15, 0.2) is 0 Å². The molecule has 4 N–H and O–H groups in total. The van der Waals surface area contributed by atoms with Gasteiger partial charge in [0.2, 0.25) is 5.91 Å². The molecule has 0 bridgehead atoms. The minimum absolute atomic E-state index is 0.0761. The van der Waals surface area contributed by atoms with Crippen molar-refractivity contribution in [2.24, 2.45) is 0 Å². The van der Waals surface area contributed by atoms with Crippen molar-refractivity contribution in [2.45, 2.75) is 168 Å². The summed E-state index contributed by atoms with van der Waals surface area (Å²) in [5.74, 6) is -0.944. The van der Waals surface area contributed by atoms with Gasteiger partial charge in [-0.05, 0) is 32.1 Å². The highest BCUT2D eigenvalue weighted by Gasteiger charge is 2.19. The van der Waals surface area contributed by atoms with Crippen molar-refractivity contribution in [2.75, 3.05) is 13.1 Å². The maximum absolute atomic E-state index is 12.1. The second-order valence-electron chi connectivity index (χ2n) is 10.9. The zero-order valence-corrected chi connectivity index (χ0v) is 24.9. The van der Waals surface area contributed by atoms with Crippen LogP contribution < -0.4 is 16.0 Å². The first-order valence-corrected chi connectivity index (χ1v) is 16.0. The third-order valence-corrected chi connectivity index (χ3v) is 7.17. The summed E-state index contributed by atoms with van der Waals surface area (Å²) >= 11 is 0. The molecule has 1 atom stereocenters. The summed E-state index contributed by atoms with van der Waals surface area (Å²) in [5.41, 5.74) is 0. The zero-order valence-electron chi connectivity index (χ0n) is 24.9. The molecule has 7 heteroatoms. The van der Waals surface area contributed by atoms with Crippen LogP contribution in [-0.4, -0.2) is 42.1 Å². The van der Waals surface area contributed by atoms with E-state index in [0.29, 0.717) is 38.8 Å². The molecular weight excluding hydrogens is 478 g/mol. The fourth-order valence-electron chi connectivity index (χ4n) is 4.67. The molecule has 0 aliphatic rings. The Labute approximate surface area is 234 Å². The van der Waals surface area contributed by atoms with Crippen molar-refractivity contribution >= 4 is 17.9 Å². The summed E-state index contributed by atoms with van der Waals surface area (Å²) in [6.07, 6.45) is 25.7. The Balaban J connectivity index is 3.67. The molecule has 0 aromatic heterocycles. The Morgan fingerprint density at radius 2 is 0.974 bits per heavy atom. The van der Waals surface area contributed by atoms with Crippen LogP contribution in [-0.2, 0) is 9.59 Å². The number of carbonyl (C=O) groups is 3. The van der Waals surface area contributed by atoms with E-state index in [0.717, 1.165) is 25.7 Å². The van der Waals surface area contributed by atoms with Gasteiger partial charge < -0.3 is 21.1 Å². The van der Waals surface area contributed by atoms with Gasteiger partial charge in [0.25, 0.3) is 0 Å². The molecule has 0 saturated heterocycles. The summed E-state index contributed by atoms with van der Waals surface area (Å²) in [7, 11) is 0. The Morgan fingerprint density at radius 1 is 0.553 bits per heavy atom. The number of carboxylic acids is 1. The molecule has 7 nitrogen and oxygen atoms in total. The summed E-state index contributed by atoms with van der Waals surface area (Å²) in [6.45, 7) is 5.59. The van der Waals surface area contributed by atoms with Gasteiger partial charge >= 0.3 is 12.0 Å². The van der Waals surface area contributed by atoms with E-state index in [1.807, 2.05) is 0 Å². The molecule has 0 aliphatic carbocycles. The van der Waals surface area contributed by atoms with Crippen LogP contribution in [0.5, 0.6) is 0 Å². The van der Waals surface area contributed by atoms with Crippen LogP contribution in [0.25, 0.3) is 0 Å². The summed E-state index contributed by atoms with van der Waals surface area (Å²) < 4.78 is 0. The number of urea groups is 1. The molecule has 3 amide bonds. The Morgan fingerprint density at radius 3 is 1.47 bits per heavy atom. The number of hydrogen-bond acceptors (Lipinski definition) is 3. The minimum Gasteiger partial charge on any atom is -0.480 e. The van der Waals surface area contributed by atoms with E-state index in [1.165, 1.54) is 96.3 Å². The van der Waals surface area contributed by atoms with Crippen LogP contribution in [0, 0.1) is 0 Å². The summed E-state index contributed by atoms with van der Waals surface area (Å²) in [6, 6.07) is -1.32. The normalized spacial score (nSPS) is 11.7. The zero-order chi connectivity index (χ0) is 28.1. The van der Waals surface area contributed by atoms with Crippen LogP contribution in [0.2, 0.25) is 0 Å². The Kier molecular flexibility index (Phi) is 26.9. The number of unbranched alkanes of at least 4 members (excludes halogenated alkanes) is 18. The molecule has 0 aliphatic heterocycles. The first-order chi connectivity index (χ1) is 18.5. The molecule has 0 spiro atoms. The standard InChI is InChI=1S/C31H61N3O4/c1-3-5-7-9-11-13-15-17-19-22-27-33-31(38)34-28(30(36)37)24-21-23-26-32-29(35)25-20-18-16-14-12-10-8-6-4-2/h28H,3-27H2,1-2H3,(H,32,35)(H,36,37)(H2,33,34,38)/t28-/m0/s1. The number of carbonyl (C=O) groups excluding carboxylic acids is 2. The molecule has 0 unspecified atom stereocenters. The third kappa shape index (κ3) is 25.8. The largest absolute Gasteiger partial charge is 0.480 e. The lowest BCUT2D eigenvalue weighted by atomic mass is 10.1. The SMILES string of the molecule is CCCCCCCCCCCCNC(=O)N[C@@H](CCCCNC(=O)CCCCCCCCCCC)C(=O)O. The molecule has 38 heavy (non-hydrogen) atoms. The van der Waals surface area contributed by atoms with Crippen molar-refractivity contribution in [3.8, 4) is 0 Å². The minimum atomic E-state index is -1.02. The molecule has 0 fully saturated rings. The van der Waals surface area contributed by atoms with Gasteiger partial charge in [-0.2, -0.15) is 0 Å². The molecule has 0 aromatic rings. The van der Waals surface area contributed by atoms with Gasteiger partial charge in [0.1, 0.15) is 6.04 Å². The lowest BCUT2D eigenvalue weighted by molar-refractivity contribution is -0.139. The van der Waals surface area contributed by atoms with E-state index < -0.39 is 18.0 Å². The number of rotatable bonds is 28. The van der Waals surface area contributed by atoms with Crippen LogP contribution in [0.15, 0.2) is 0 Å². The van der Waals surface area contributed by atoms with Gasteiger partial charge in [-0.3, -0.25) is 4.79 Å². The average Bonchev–Trinajstić information content (AvgIpc) is 2.89. The van der Waals surface area contributed by atoms with E-state index in [-0.39, 0.29) is 5.91 Å². The number of aliphatic carboxylic acids is 1. The van der Waals surface area contributed by atoms with E-state index in [9.17, 15) is 19.5 Å². The number of hydrogen-bond donors (Lipinski definition) is 4. The van der Waals surface area contributed by atoms with Gasteiger partial charge in [0.05, 0.1) is 0 Å². The quantitative estimate of drug-likeness (QED) is 0.0759. The third-order valence-electron chi connectivity index (χ3n) is 7.17. The van der Waals surface area contributed by atoms with Gasteiger partial charge in [0, 0.05) is 19.5 Å². The van der Waals surface area contributed by atoms with Crippen molar-refractivity contribution in [1.29, 1.82) is 0 Å². The van der Waals surface area contributed by atoms with Crippen LogP contribution in [0.1, 0.15) is 162 Å². The van der Waals surface area contributed by atoms with E-state index >= 15 is 0 Å². The first kappa shape index (κ1) is 36.2. The molecule has 224 valence electrons. The molecule has 0 radical (unpaired) electrons. The highest BCUT2D eigenvalue weighted by molar-refractivity contribution is 5.82. The number of amides is 3. The van der Waals surface area contributed by atoms with Gasteiger partial charge in [-0.15, -0.1) is 0 Å². The highest BCUT2D eigenvalue weighted by atomic mass is 16.4. The summed E-state index contributed by atoms with van der Waals surface area (Å²) in [4.78, 5) is 35.6. The monoisotopic (exact) mass is 539 g/mol. The fourth-order valence-corrected chi connectivity index (χ4v) is 4.67. The summed E-state index contributed by atoms with van der Waals surface area (Å²) in [5, 5.41) is 17.7. The van der Waals surface area contributed by atoms with E-state index in [4.69, 9.17) is 0 Å². The van der Waals surface area contributed by atoms with Crippen molar-refractivity contribution in [3.05, 3.63) is 0 Å². The number of nitrogens with one attached hydrogen (secondary N) is 3. The average molecular weight is 540 g/mol. The van der Waals surface area contributed by atoms with Gasteiger partial charge in [-0.1, -0.05) is 123 Å². The lowest BCUT2D eigenvalue weighted by Gasteiger charge is -2.15. The lowest BCUT2D eigenvalue weighted by Crippen LogP contribution is -2.46.